The monoisotopic (exact) mass is 171 g/mol. The summed E-state index contributed by atoms with van der Waals surface area (Å²) in [6, 6.07) is 0. The number of hydrogen-bond acceptors (Lipinski definition) is 3. The van der Waals surface area contributed by atoms with Gasteiger partial charge in [0.15, 0.2) is 0 Å². The Morgan fingerprint density at radius 2 is 2.33 bits per heavy atom. The maximum absolute atomic E-state index is 11.3. The summed E-state index contributed by atoms with van der Waals surface area (Å²) in [6.45, 7) is 0.636. The van der Waals surface area contributed by atoms with Crippen molar-refractivity contribution >= 4 is 5.91 Å². The molecule has 2 aliphatic rings. The Morgan fingerprint density at radius 3 is 2.83 bits per heavy atom. The van der Waals surface area contributed by atoms with Crippen molar-refractivity contribution in [2.45, 2.75) is 31.3 Å². The molecule has 1 aliphatic heterocycles. The predicted octanol–water partition coefficient (Wildman–Crippen LogP) is 0.0653. The Hall–Kier alpha value is -0.610. The number of aliphatic hydroxyl groups is 1. The molecule has 0 aromatic heterocycles. The van der Waals surface area contributed by atoms with Crippen LogP contribution < -0.4 is 0 Å². The number of aliphatic hydroxyl groups excluding tert-OH is 1. The lowest BCUT2D eigenvalue weighted by Crippen LogP contribution is -2.25. The quantitative estimate of drug-likeness (QED) is 0.653. The molecule has 1 saturated carbocycles. The third-order valence-electron chi connectivity index (χ3n) is 2.38. The van der Waals surface area contributed by atoms with Crippen LogP contribution in [0.5, 0.6) is 0 Å². The normalized spacial score (nSPS) is 25.4. The van der Waals surface area contributed by atoms with Crippen LogP contribution in [-0.4, -0.2) is 34.8 Å². The maximum Gasteiger partial charge on any atom is 0.249 e. The van der Waals surface area contributed by atoms with Gasteiger partial charge < -0.3 is 5.11 Å². The Morgan fingerprint density at radius 1 is 1.58 bits per heavy atom. The highest BCUT2D eigenvalue weighted by atomic mass is 16.7. The molecule has 68 valence electrons. The highest BCUT2D eigenvalue weighted by Crippen LogP contribution is 2.47. The molecule has 0 aromatic carbocycles. The van der Waals surface area contributed by atoms with E-state index in [1.165, 1.54) is 5.06 Å². The molecule has 0 unspecified atom stereocenters. The van der Waals surface area contributed by atoms with E-state index >= 15 is 0 Å². The Balaban J connectivity index is 1.86. The third kappa shape index (κ3) is 1.32. The molecule has 4 nitrogen and oxygen atoms in total. The predicted molar refractivity (Wildman–Crippen MR) is 41.1 cm³/mol. The lowest BCUT2D eigenvalue weighted by molar-refractivity contribution is -0.178. The minimum atomic E-state index is -0.119. The fourth-order valence-corrected chi connectivity index (χ4v) is 1.47. The van der Waals surface area contributed by atoms with Crippen molar-refractivity contribution in [2.24, 2.45) is 0 Å². The van der Waals surface area contributed by atoms with Gasteiger partial charge >= 0.3 is 0 Å². The first-order valence-electron chi connectivity index (χ1n) is 4.36. The standard InChI is InChI=1S/C8H13NO3/c10-5-1-4-9-7(11)6-8(12-9)2-3-8/h10H,1-6H2. The van der Waals surface area contributed by atoms with Crippen LogP contribution in [0.25, 0.3) is 0 Å². The van der Waals surface area contributed by atoms with Crippen LogP contribution in [0.3, 0.4) is 0 Å². The van der Waals surface area contributed by atoms with Crippen molar-refractivity contribution in [2.75, 3.05) is 13.2 Å². The van der Waals surface area contributed by atoms with Crippen molar-refractivity contribution in [1.82, 2.24) is 5.06 Å². The van der Waals surface area contributed by atoms with Gasteiger partial charge in [-0.05, 0) is 19.3 Å². The van der Waals surface area contributed by atoms with Gasteiger partial charge in [-0.2, -0.15) is 0 Å². The minimum Gasteiger partial charge on any atom is -0.396 e. The molecule has 1 saturated heterocycles. The Labute approximate surface area is 71.1 Å². The van der Waals surface area contributed by atoms with E-state index in [-0.39, 0.29) is 18.1 Å². The molecule has 0 atom stereocenters. The summed E-state index contributed by atoms with van der Waals surface area (Å²) in [5, 5.41) is 9.97. The second-order valence-corrected chi connectivity index (χ2v) is 3.52. The molecule has 1 heterocycles. The number of hydrogen-bond donors (Lipinski definition) is 1. The van der Waals surface area contributed by atoms with E-state index in [4.69, 9.17) is 9.94 Å². The van der Waals surface area contributed by atoms with Crippen LogP contribution in [0, 0.1) is 0 Å². The second-order valence-electron chi connectivity index (χ2n) is 3.52. The second kappa shape index (κ2) is 2.71. The average Bonchev–Trinajstić information content (AvgIpc) is 2.70. The SMILES string of the molecule is O=C1CC2(CC2)ON1CCCO. The Bertz CT molecular complexity index is 200. The zero-order valence-corrected chi connectivity index (χ0v) is 6.95. The molecule has 1 amide bonds. The molecule has 1 N–H and O–H groups in total. The summed E-state index contributed by atoms with van der Waals surface area (Å²) in [5.41, 5.74) is -0.119. The third-order valence-corrected chi connectivity index (χ3v) is 2.38. The van der Waals surface area contributed by atoms with Crippen LogP contribution in [0.4, 0.5) is 0 Å². The zero-order valence-electron chi connectivity index (χ0n) is 6.95. The molecule has 2 rings (SSSR count). The summed E-state index contributed by atoms with van der Waals surface area (Å²) in [6.07, 6.45) is 3.16. The molecule has 1 aliphatic carbocycles. The van der Waals surface area contributed by atoms with Gasteiger partial charge in [0.2, 0.25) is 5.91 Å². The van der Waals surface area contributed by atoms with E-state index in [0.29, 0.717) is 19.4 Å². The van der Waals surface area contributed by atoms with E-state index in [9.17, 15) is 4.79 Å². The first-order valence-corrected chi connectivity index (χ1v) is 4.36. The highest BCUT2D eigenvalue weighted by molar-refractivity contribution is 5.78. The van der Waals surface area contributed by atoms with Crippen molar-refractivity contribution in [1.29, 1.82) is 0 Å². The molecule has 12 heavy (non-hydrogen) atoms. The lowest BCUT2D eigenvalue weighted by atomic mass is 10.2. The number of nitrogens with zero attached hydrogens (tertiary/aromatic N) is 1. The number of carbonyl (C=O) groups excluding carboxylic acids is 1. The summed E-state index contributed by atoms with van der Waals surface area (Å²) >= 11 is 0. The van der Waals surface area contributed by atoms with Crippen LogP contribution in [0.15, 0.2) is 0 Å². The molecule has 4 heteroatoms. The fraction of sp³-hybridized carbons (Fsp3) is 0.875. The van der Waals surface area contributed by atoms with Gasteiger partial charge in [0.1, 0.15) is 5.60 Å². The van der Waals surface area contributed by atoms with Gasteiger partial charge in [-0.15, -0.1) is 0 Å². The van der Waals surface area contributed by atoms with E-state index < -0.39 is 0 Å². The first kappa shape index (κ1) is 8.01. The summed E-state index contributed by atoms with van der Waals surface area (Å²) in [7, 11) is 0. The number of rotatable bonds is 3. The lowest BCUT2D eigenvalue weighted by Gasteiger charge is -2.14. The topological polar surface area (TPSA) is 49.8 Å². The average molecular weight is 171 g/mol. The molecule has 0 radical (unpaired) electrons. The number of hydroxylamine groups is 2. The molecular formula is C8H13NO3. The summed E-state index contributed by atoms with van der Waals surface area (Å²) in [5.74, 6) is 0.0703. The van der Waals surface area contributed by atoms with Crippen LogP contribution in [-0.2, 0) is 9.63 Å². The largest absolute Gasteiger partial charge is 0.396 e. The van der Waals surface area contributed by atoms with Crippen LogP contribution in [0.2, 0.25) is 0 Å². The van der Waals surface area contributed by atoms with Gasteiger partial charge in [0, 0.05) is 6.61 Å². The van der Waals surface area contributed by atoms with Gasteiger partial charge in [-0.3, -0.25) is 9.63 Å². The van der Waals surface area contributed by atoms with Crippen molar-refractivity contribution in [3.63, 3.8) is 0 Å². The molecule has 0 bridgehead atoms. The van der Waals surface area contributed by atoms with E-state index in [2.05, 4.69) is 0 Å². The van der Waals surface area contributed by atoms with E-state index in [1.807, 2.05) is 0 Å². The van der Waals surface area contributed by atoms with Crippen molar-refractivity contribution in [3.8, 4) is 0 Å². The zero-order chi connectivity index (χ0) is 8.60. The minimum absolute atomic E-state index is 0.0703. The fourth-order valence-electron chi connectivity index (χ4n) is 1.47. The van der Waals surface area contributed by atoms with Crippen LogP contribution >= 0.6 is 0 Å². The summed E-state index contributed by atoms with van der Waals surface area (Å²) in [4.78, 5) is 16.7. The number of carbonyl (C=O) groups is 1. The molecule has 2 fully saturated rings. The number of amides is 1. The first-order chi connectivity index (χ1) is 5.76. The van der Waals surface area contributed by atoms with Gasteiger partial charge in [0.25, 0.3) is 0 Å². The van der Waals surface area contributed by atoms with Crippen molar-refractivity contribution < 1.29 is 14.7 Å². The molecular weight excluding hydrogens is 158 g/mol. The van der Waals surface area contributed by atoms with Crippen molar-refractivity contribution in [3.05, 3.63) is 0 Å². The van der Waals surface area contributed by atoms with Gasteiger partial charge in [-0.1, -0.05) is 0 Å². The Kier molecular flexibility index (Phi) is 1.81. The smallest absolute Gasteiger partial charge is 0.249 e. The molecule has 1 spiro atoms. The summed E-state index contributed by atoms with van der Waals surface area (Å²) < 4.78 is 0. The van der Waals surface area contributed by atoms with E-state index in [0.717, 1.165) is 12.8 Å². The van der Waals surface area contributed by atoms with Crippen LogP contribution in [0.1, 0.15) is 25.7 Å². The van der Waals surface area contributed by atoms with Gasteiger partial charge in [-0.25, -0.2) is 5.06 Å². The maximum atomic E-state index is 11.3. The highest BCUT2D eigenvalue weighted by Gasteiger charge is 2.53. The van der Waals surface area contributed by atoms with E-state index in [1.54, 1.807) is 0 Å². The van der Waals surface area contributed by atoms with Gasteiger partial charge in [0.05, 0.1) is 13.0 Å². The molecule has 0 aromatic rings.